The molecular formula is C138H138. The van der Waals surface area contributed by atoms with E-state index in [1.54, 1.807) is 0 Å². The molecule has 0 fully saturated rings. The maximum absolute atomic E-state index is 9.57. The molecule has 0 radical (unpaired) electrons. The molecule has 0 aliphatic heterocycles. The first-order valence-corrected chi connectivity index (χ1v) is 50.7. The van der Waals surface area contributed by atoms with Crippen LogP contribution in [-0.2, 0) is 35.4 Å². The molecule has 0 amide bonds. The van der Waals surface area contributed by atoms with Crippen molar-refractivity contribution in [2.75, 3.05) is 0 Å². The summed E-state index contributed by atoms with van der Waals surface area (Å²) in [4.78, 5) is 0. The molecule has 9 aliphatic rings. The Morgan fingerprint density at radius 2 is 0.420 bits per heavy atom. The third-order valence-electron chi connectivity index (χ3n) is 39.0. The van der Waals surface area contributed by atoms with E-state index in [2.05, 4.69) is 346 Å². The average Bonchev–Trinajstić information content (AvgIpc) is 1.52. The third-order valence-corrected chi connectivity index (χ3v) is 39.0. The summed E-state index contributed by atoms with van der Waals surface area (Å²) in [6, 6.07) is 37.8. The molecule has 0 N–H and O–H groups in total. The van der Waals surface area contributed by atoms with Gasteiger partial charge in [0, 0.05) is 8.22 Å². The van der Waals surface area contributed by atoms with Crippen LogP contribution in [0.5, 0.6) is 0 Å². The van der Waals surface area contributed by atoms with E-state index in [0.717, 1.165) is 83.5 Å². The fraction of sp³-hybridized carbons (Fsp3) is 0.304. The van der Waals surface area contributed by atoms with E-state index >= 15 is 0 Å². The molecule has 15 aromatic carbocycles. The maximum atomic E-state index is 9.57. The molecule has 3 spiro atoms. The van der Waals surface area contributed by atoms with Crippen molar-refractivity contribution in [2.24, 2.45) is 0 Å². The van der Waals surface area contributed by atoms with Crippen LogP contribution in [0.25, 0.3) is 118 Å². The van der Waals surface area contributed by atoms with Crippen LogP contribution in [0, 0.1) is 249 Å². The minimum Gasteiger partial charge on any atom is -0.0645 e. The molecular weight excluding hydrogens is 1660 g/mol. The molecule has 0 saturated carbocycles. The van der Waals surface area contributed by atoms with Crippen molar-refractivity contribution in [1.29, 1.82) is 0 Å². The highest BCUT2D eigenvalue weighted by molar-refractivity contribution is 6.07. The first-order valence-electron chi connectivity index (χ1n) is 53.7. The molecule has 0 heterocycles. The summed E-state index contributed by atoms with van der Waals surface area (Å²) in [5, 5.41) is 0. The summed E-state index contributed by atoms with van der Waals surface area (Å²) in [7, 11) is 0. The van der Waals surface area contributed by atoms with Crippen LogP contribution in [0.2, 0.25) is 0 Å². The monoisotopic (exact) mass is 1810 g/mol. The number of allylic oxidation sites excluding steroid dienone is 3. The fourth-order valence-corrected chi connectivity index (χ4v) is 28.4. The summed E-state index contributed by atoms with van der Waals surface area (Å²) in [6.07, 6.45) is 9.74. The quantitative estimate of drug-likeness (QED) is 0.142. The second-order valence-electron chi connectivity index (χ2n) is 43.6. The van der Waals surface area contributed by atoms with Crippen molar-refractivity contribution in [3.63, 3.8) is 0 Å². The Balaban J connectivity index is 0.000000123. The molecule has 0 nitrogen and oxygen atoms in total. The van der Waals surface area contributed by atoms with Crippen molar-refractivity contribution in [3.8, 4) is 100 Å². The van der Waals surface area contributed by atoms with Gasteiger partial charge in [-0.15, -0.1) is 0 Å². The van der Waals surface area contributed by atoms with E-state index in [0.29, 0.717) is 0 Å². The Labute approximate surface area is 833 Å². The van der Waals surface area contributed by atoms with Crippen molar-refractivity contribution < 1.29 is 8.22 Å². The second-order valence-corrected chi connectivity index (χ2v) is 43.6. The lowest BCUT2D eigenvalue weighted by Gasteiger charge is -2.38. The van der Waals surface area contributed by atoms with Crippen LogP contribution < -0.4 is 0 Å². The highest BCUT2D eigenvalue weighted by Gasteiger charge is 2.54. The van der Waals surface area contributed by atoms with Gasteiger partial charge in [0.15, 0.2) is 0 Å². The van der Waals surface area contributed by atoms with E-state index in [9.17, 15) is 8.22 Å². The number of rotatable bonds is 0. The van der Waals surface area contributed by atoms with Gasteiger partial charge in [-0.05, 0) is 675 Å². The Morgan fingerprint density at radius 3 is 0.761 bits per heavy atom. The topological polar surface area (TPSA) is 0 Å². The molecule has 0 atom stereocenters. The SMILES string of the molecule is [3H]C1([3H])c2ccccc2-c2c1ccc1c2C=CC12c1c(C)c(C)c(C)c(C)c1-c1c(C)c(C)c(C)c(C)c1-c1c(C)c(C)c(C)c(C)c12.[3H]C1([3H])c2ccccc2-c2cc3c(cc21)C=CC31c2c(C)c(C)c(C)c(C)c2-c2c(C)c(C)c(C)c(C)c2-c2c(C)c(C)c(C)c(C)c21.[3H]C1([3H])c2ccccc2-c2ccc3c(c21)C=CC31c2c(C)c(C)c(C)c(C)c2-c2c(C)c(C)c(C)c(C)c2-c2c(C)c(C)c(C)c(C)c21. The van der Waals surface area contributed by atoms with E-state index in [1.807, 2.05) is 48.5 Å². The molecule has 24 rings (SSSR count). The molecule has 0 saturated heterocycles. The molecule has 0 heteroatoms. The van der Waals surface area contributed by atoms with Gasteiger partial charge in [0.25, 0.3) is 0 Å². The zero-order valence-corrected chi connectivity index (χ0v) is 88.9. The van der Waals surface area contributed by atoms with E-state index in [-0.39, 0.29) is 0 Å². The summed E-state index contributed by atoms with van der Waals surface area (Å²) in [6.45, 7) is 83.7. The van der Waals surface area contributed by atoms with Gasteiger partial charge >= 0.3 is 0 Å². The van der Waals surface area contributed by atoms with Crippen molar-refractivity contribution in [2.45, 2.75) is 285 Å². The zero-order valence-electron chi connectivity index (χ0n) is 94.9. The predicted molar refractivity (Wildman–Crippen MR) is 593 cm³/mol. The standard InChI is InChI=1S/3C46H46/c1-22-23(2)29(8)41-40(28(22)7)42-30(9)24(3)26(5)32(11)44(42)46(45-33(12)27(6)25(4)31(10)43(41)45)18-17-35-20-36-19-34-15-13-14-16-37(34)38(36)21-39(35)46;1-22-23(2)29(8)40-39(28(22)7)41-30(9)24(3)26(5)32(11)44(41)46(45-33(12)27(6)25(4)31(10)42(40)45)20-19-37-38(46)18-17-35-21-34-15-13-14-16-36(34)43(35)37;1-22-23(2)29(8)41-40(28(22)7)42-30(9)24(3)26(5)32(11)44(42)46(45-33(12)27(6)25(4)31(10)43(41)45)20-19-37-38-21-34-15-13-14-16-35(34)36(38)17-18-39(37)46/h13-18,20-21H,19H2,1-12H3;2*13-20H,21H2,1-12H3/i19T2;2*21T2. The predicted octanol–water partition coefficient (Wildman–Crippen LogP) is 35.9. The Hall–Kier alpha value is -12.5. The van der Waals surface area contributed by atoms with E-state index < -0.39 is 35.4 Å². The Kier molecular flexibility index (Phi) is 18.6. The minimum atomic E-state index is -1.59. The average molecular weight is 1810 g/mol. The van der Waals surface area contributed by atoms with Gasteiger partial charge in [0.1, 0.15) is 0 Å². The lowest BCUT2D eigenvalue weighted by Crippen LogP contribution is -2.30. The first kappa shape index (κ1) is 83.7. The Morgan fingerprint density at radius 1 is 0.174 bits per heavy atom. The molecule has 690 valence electrons. The maximum Gasteiger partial charge on any atom is 0.0658 e. The number of benzene rings is 15. The Bertz CT molecular complexity index is 8200. The highest BCUT2D eigenvalue weighted by atomic mass is 14.6. The molecule has 0 aromatic heterocycles. The van der Waals surface area contributed by atoms with Crippen LogP contribution in [0.1, 0.15) is 309 Å². The van der Waals surface area contributed by atoms with Crippen LogP contribution >= 0.6 is 0 Å². The van der Waals surface area contributed by atoms with Gasteiger partial charge in [-0.25, -0.2) is 0 Å². The second kappa shape index (κ2) is 30.8. The van der Waals surface area contributed by atoms with Crippen molar-refractivity contribution in [3.05, 3.63) is 428 Å². The number of fused-ring (bicyclic) bond motifs is 38. The van der Waals surface area contributed by atoms with Gasteiger partial charge in [0.2, 0.25) is 0 Å². The highest BCUT2D eigenvalue weighted by Crippen LogP contribution is 2.68. The summed E-state index contributed by atoms with van der Waals surface area (Å²) >= 11 is 0. The van der Waals surface area contributed by atoms with Crippen molar-refractivity contribution in [1.82, 2.24) is 0 Å². The molecule has 9 aliphatic carbocycles. The fourth-order valence-electron chi connectivity index (χ4n) is 28.4. The van der Waals surface area contributed by atoms with E-state index in [1.165, 1.54) is 317 Å². The van der Waals surface area contributed by atoms with Crippen LogP contribution in [0.3, 0.4) is 0 Å². The van der Waals surface area contributed by atoms with Gasteiger partial charge in [0.05, 0.1) is 16.2 Å². The van der Waals surface area contributed by atoms with Crippen LogP contribution in [0.15, 0.2) is 127 Å². The van der Waals surface area contributed by atoms with Crippen LogP contribution in [-0.4, -0.2) is 0 Å². The molecule has 0 unspecified atom stereocenters. The van der Waals surface area contributed by atoms with Gasteiger partial charge in [-0.1, -0.05) is 140 Å². The van der Waals surface area contributed by atoms with E-state index in [4.69, 9.17) is 0 Å². The summed E-state index contributed by atoms with van der Waals surface area (Å²) in [5.41, 5.74) is 90.1. The van der Waals surface area contributed by atoms with Gasteiger partial charge in [-0.3, -0.25) is 0 Å². The first-order chi connectivity index (χ1) is 67.8. The lowest BCUT2D eigenvalue weighted by atomic mass is 9.63. The summed E-state index contributed by atoms with van der Waals surface area (Å²) < 4.78 is 56.2. The molecule has 15 aromatic rings. The smallest absolute Gasteiger partial charge is 0.0645 e. The molecule has 0 bridgehead atoms. The third kappa shape index (κ3) is 11.2. The molecule has 138 heavy (non-hydrogen) atoms. The number of hydrogen-bond donors (Lipinski definition) is 0. The normalized spacial score (nSPS) is 16.3. The van der Waals surface area contributed by atoms with Crippen LogP contribution in [0.4, 0.5) is 0 Å². The minimum absolute atomic E-state index is 0.556. The van der Waals surface area contributed by atoms with Gasteiger partial charge in [-0.2, -0.15) is 0 Å². The largest absolute Gasteiger partial charge is 0.0658 e. The van der Waals surface area contributed by atoms with Crippen molar-refractivity contribution >= 4 is 18.2 Å². The lowest BCUT2D eigenvalue weighted by molar-refractivity contribution is 0.776. The zero-order chi connectivity index (χ0) is 104. The number of hydrogen-bond acceptors (Lipinski definition) is 0. The van der Waals surface area contributed by atoms with Gasteiger partial charge < -0.3 is 0 Å². The summed E-state index contributed by atoms with van der Waals surface area (Å²) in [5.74, 6) is 0.